The smallest absolute Gasteiger partial charge is 0.427 e. The Kier molecular flexibility index (Phi) is 3.08. The van der Waals surface area contributed by atoms with Crippen LogP contribution in [0, 0.1) is 18.4 Å². The van der Waals surface area contributed by atoms with Gasteiger partial charge in [-0.1, -0.05) is 17.7 Å². The fourth-order valence-electron chi connectivity index (χ4n) is 0.989. The molecule has 0 saturated heterocycles. The van der Waals surface area contributed by atoms with Crippen molar-refractivity contribution < 1.29 is 9.53 Å². The molecule has 72 valence electrons. The van der Waals surface area contributed by atoms with Gasteiger partial charge in [-0.05, 0) is 19.1 Å². The van der Waals surface area contributed by atoms with Crippen LogP contribution in [0.25, 0.3) is 0 Å². The molecule has 0 aliphatic carbocycles. The average Bonchev–Trinajstić information content (AvgIpc) is 2.21. The third-order valence-electron chi connectivity index (χ3n) is 1.75. The number of ether oxygens (including phenoxy) is 1. The predicted octanol–water partition coefficient (Wildman–Crippen LogP) is 2.05. The molecule has 0 spiro atoms. The molecule has 0 aromatic heterocycles. The van der Waals surface area contributed by atoms with E-state index in [-0.39, 0.29) is 0 Å². The molecule has 0 bridgehead atoms. The van der Waals surface area contributed by atoms with Crippen LogP contribution in [0.4, 0.5) is 10.5 Å². The van der Waals surface area contributed by atoms with Crippen molar-refractivity contribution in [2.75, 3.05) is 12.0 Å². The maximum atomic E-state index is 11.1. The minimum absolute atomic E-state index is 0.505. The Morgan fingerprint density at radius 3 is 2.43 bits per heavy atom. The molecule has 0 N–H and O–H groups in total. The maximum Gasteiger partial charge on any atom is 0.427 e. The first kappa shape index (κ1) is 10.1. The highest BCUT2D eigenvalue weighted by molar-refractivity contribution is 5.90. The second-order valence-electron chi connectivity index (χ2n) is 2.74. The lowest BCUT2D eigenvalue weighted by atomic mass is 10.2. The third kappa shape index (κ3) is 2.02. The monoisotopic (exact) mass is 190 g/mol. The highest BCUT2D eigenvalue weighted by Crippen LogP contribution is 2.14. The molecular weight excluding hydrogens is 180 g/mol. The Labute approximate surface area is 82.3 Å². The molecule has 0 fully saturated rings. The fraction of sp³-hybridized carbons (Fsp3) is 0.200. The van der Waals surface area contributed by atoms with E-state index in [9.17, 15) is 4.79 Å². The van der Waals surface area contributed by atoms with E-state index >= 15 is 0 Å². The van der Waals surface area contributed by atoms with Gasteiger partial charge in [0.05, 0.1) is 12.8 Å². The molecule has 0 aliphatic heterocycles. The number of methoxy groups -OCH3 is 1. The van der Waals surface area contributed by atoms with Gasteiger partial charge in [-0.15, -0.1) is 0 Å². The van der Waals surface area contributed by atoms with E-state index < -0.39 is 6.09 Å². The van der Waals surface area contributed by atoms with Crippen LogP contribution in [0.1, 0.15) is 5.56 Å². The van der Waals surface area contributed by atoms with E-state index in [2.05, 4.69) is 4.74 Å². The van der Waals surface area contributed by atoms with Crippen LogP contribution in [0.5, 0.6) is 0 Å². The Morgan fingerprint density at radius 1 is 1.43 bits per heavy atom. The number of carbonyl (C=O) groups is 1. The molecule has 1 aromatic carbocycles. The molecule has 4 nitrogen and oxygen atoms in total. The summed E-state index contributed by atoms with van der Waals surface area (Å²) in [6.45, 7) is 1.93. The molecule has 14 heavy (non-hydrogen) atoms. The second kappa shape index (κ2) is 4.28. The Morgan fingerprint density at radius 2 is 2.00 bits per heavy atom. The molecule has 0 heterocycles. The van der Waals surface area contributed by atoms with Crippen molar-refractivity contribution in [3.63, 3.8) is 0 Å². The van der Waals surface area contributed by atoms with Gasteiger partial charge in [-0.25, -0.2) is 4.79 Å². The number of nitriles is 1. The van der Waals surface area contributed by atoms with Crippen molar-refractivity contribution in [3.05, 3.63) is 29.8 Å². The number of carbonyl (C=O) groups excluding carboxylic acids is 1. The highest BCUT2D eigenvalue weighted by atomic mass is 16.5. The summed E-state index contributed by atoms with van der Waals surface area (Å²) in [5.41, 5.74) is 1.57. The third-order valence-corrected chi connectivity index (χ3v) is 1.75. The van der Waals surface area contributed by atoms with Gasteiger partial charge in [-0.3, -0.25) is 0 Å². The molecule has 0 radical (unpaired) electrons. The molecule has 1 amide bonds. The quantitative estimate of drug-likeness (QED) is 0.503. The van der Waals surface area contributed by atoms with Crippen LogP contribution in [-0.4, -0.2) is 13.2 Å². The Bertz CT molecular complexity index is 365. The van der Waals surface area contributed by atoms with Gasteiger partial charge in [0.2, 0.25) is 0 Å². The molecule has 0 saturated carbocycles. The largest absolute Gasteiger partial charge is 0.452 e. The standard InChI is InChI=1S/C10H10N2O2/c1-8-3-5-9(6-4-8)12(7-11)10(13)14-2/h3-6H,1-2H3. The SMILES string of the molecule is COC(=O)N(C#N)c1ccc(C)cc1. The number of hydrogen-bond acceptors (Lipinski definition) is 3. The van der Waals surface area contributed by atoms with Gasteiger partial charge >= 0.3 is 6.09 Å². The summed E-state index contributed by atoms with van der Waals surface area (Å²) in [6, 6.07) is 7.02. The summed E-state index contributed by atoms with van der Waals surface area (Å²) >= 11 is 0. The van der Waals surface area contributed by atoms with E-state index in [0.717, 1.165) is 10.5 Å². The Hall–Kier alpha value is -2.02. The van der Waals surface area contributed by atoms with Gasteiger partial charge in [0.25, 0.3) is 0 Å². The Balaban J connectivity index is 2.97. The highest BCUT2D eigenvalue weighted by Gasteiger charge is 2.14. The maximum absolute atomic E-state index is 11.1. The van der Waals surface area contributed by atoms with E-state index in [1.807, 2.05) is 19.1 Å². The van der Waals surface area contributed by atoms with Crippen molar-refractivity contribution in [2.24, 2.45) is 0 Å². The number of nitrogens with zero attached hydrogens (tertiary/aromatic N) is 2. The van der Waals surface area contributed by atoms with E-state index in [4.69, 9.17) is 5.26 Å². The summed E-state index contributed by atoms with van der Waals surface area (Å²) in [5.74, 6) is 0. The van der Waals surface area contributed by atoms with Gasteiger partial charge in [0.1, 0.15) is 0 Å². The van der Waals surface area contributed by atoms with Crippen LogP contribution in [0.15, 0.2) is 24.3 Å². The van der Waals surface area contributed by atoms with Crippen LogP contribution < -0.4 is 4.90 Å². The molecule has 0 aliphatic rings. The van der Waals surface area contributed by atoms with E-state index in [0.29, 0.717) is 5.69 Å². The molecule has 1 aromatic rings. The van der Waals surface area contributed by atoms with Crippen molar-refractivity contribution in [1.82, 2.24) is 0 Å². The lowest BCUT2D eigenvalue weighted by Crippen LogP contribution is -2.25. The minimum Gasteiger partial charge on any atom is -0.452 e. The normalized spacial score (nSPS) is 8.93. The fourth-order valence-corrected chi connectivity index (χ4v) is 0.989. The summed E-state index contributed by atoms with van der Waals surface area (Å²) in [6.07, 6.45) is 1.06. The zero-order valence-electron chi connectivity index (χ0n) is 8.02. The van der Waals surface area contributed by atoms with Gasteiger partial charge < -0.3 is 4.74 Å². The molecular formula is C10H10N2O2. The number of anilines is 1. The van der Waals surface area contributed by atoms with Crippen molar-refractivity contribution >= 4 is 11.8 Å². The first-order valence-electron chi connectivity index (χ1n) is 4.03. The first-order chi connectivity index (χ1) is 6.69. The number of amides is 1. The molecule has 1 rings (SSSR count). The number of aryl methyl sites for hydroxylation is 1. The van der Waals surface area contributed by atoms with E-state index in [1.54, 1.807) is 18.3 Å². The van der Waals surface area contributed by atoms with Crippen LogP contribution in [0.2, 0.25) is 0 Å². The number of rotatable bonds is 1. The minimum atomic E-state index is -0.684. The molecule has 0 atom stereocenters. The lowest BCUT2D eigenvalue weighted by molar-refractivity contribution is 0.182. The summed E-state index contributed by atoms with van der Waals surface area (Å²) in [7, 11) is 1.24. The van der Waals surface area contributed by atoms with Gasteiger partial charge in [-0.2, -0.15) is 10.2 Å². The number of benzene rings is 1. The van der Waals surface area contributed by atoms with Crippen LogP contribution >= 0.6 is 0 Å². The summed E-state index contributed by atoms with van der Waals surface area (Å²) in [5, 5.41) is 8.73. The lowest BCUT2D eigenvalue weighted by Gasteiger charge is -2.11. The number of hydrogen-bond donors (Lipinski definition) is 0. The topological polar surface area (TPSA) is 53.3 Å². The average molecular weight is 190 g/mol. The first-order valence-corrected chi connectivity index (χ1v) is 4.03. The zero-order chi connectivity index (χ0) is 10.6. The predicted molar refractivity (Wildman–Crippen MR) is 51.7 cm³/mol. The summed E-state index contributed by atoms with van der Waals surface area (Å²) < 4.78 is 4.45. The van der Waals surface area contributed by atoms with E-state index in [1.165, 1.54) is 7.11 Å². The zero-order valence-corrected chi connectivity index (χ0v) is 8.02. The van der Waals surface area contributed by atoms with Gasteiger partial charge in [0.15, 0.2) is 6.19 Å². The van der Waals surface area contributed by atoms with Crippen molar-refractivity contribution in [3.8, 4) is 6.19 Å². The molecule has 0 unspecified atom stereocenters. The molecule has 4 heteroatoms. The van der Waals surface area contributed by atoms with Crippen molar-refractivity contribution in [2.45, 2.75) is 6.92 Å². The second-order valence-corrected chi connectivity index (χ2v) is 2.74. The summed E-state index contributed by atoms with van der Waals surface area (Å²) in [4.78, 5) is 12.0. The van der Waals surface area contributed by atoms with Crippen molar-refractivity contribution in [1.29, 1.82) is 5.26 Å². The van der Waals surface area contributed by atoms with Crippen LogP contribution in [0.3, 0.4) is 0 Å². The van der Waals surface area contributed by atoms with Crippen LogP contribution in [-0.2, 0) is 4.74 Å². The van der Waals surface area contributed by atoms with Gasteiger partial charge in [0, 0.05) is 0 Å².